The Balaban J connectivity index is 2.16. The van der Waals surface area contributed by atoms with Gasteiger partial charge in [0.2, 0.25) is 15.9 Å². The molecule has 0 spiro atoms. The minimum atomic E-state index is -3.96. The van der Waals surface area contributed by atoms with Crippen molar-refractivity contribution in [1.29, 1.82) is 0 Å². The van der Waals surface area contributed by atoms with Gasteiger partial charge in [-0.2, -0.15) is 16.5 Å². The van der Waals surface area contributed by atoms with Crippen LogP contribution >= 0.6 is 35.0 Å². The number of benzene rings is 2. The molecule has 6 nitrogen and oxygen atoms in total. The van der Waals surface area contributed by atoms with E-state index in [4.69, 9.17) is 27.9 Å². The summed E-state index contributed by atoms with van der Waals surface area (Å²) in [5.41, 5.74) is 0.543. The largest absolute Gasteiger partial charge is 0.494 e. The van der Waals surface area contributed by atoms with Crippen LogP contribution in [0.3, 0.4) is 0 Å². The Morgan fingerprint density at radius 2 is 1.83 bits per heavy atom. The molecule has 0 fully saturated rings. The molecule has 10 heteroatoms. The fourth-order valence-corrected chi connectivity index (χ4v) is 4.50. The Morgan fingerprint density at radius 3 is 2.41 bits per heavy atom. The Kier molecular flexibility index (Phi) is 9.10. The highest BCUT2D eigenvalue weighted by Gasteiger charge is 2.26. The number of nitrogens with one attached hydrogen (secondary N) is 2. The number of thioether (sulfide) groups is 1. The molecular weight excluding hydrogens is 455 g/mol. The van der Waals surface area contributed by atoms with Gasteiger partial charge < -0.3 is 10.1 Å². The molecule has 0 unspecified atom stereocenters. The van der Waals surface area contributed by atoms with Crippen LogP contribution in [0, 0.1) is 0 Å². The van der Waals surface area contributed by atoms with Crippen LogP contribution in [0.2, 0.25) is 10.0 Å². The molecule has 1 atom stereocenters. The first-order valence-electron chi connectivity index (χ1n) is 8.77. The second-order valence-electron chi connectivity index (χ2n) is 5.98. The highest BCUT2D eigenvalue weighted by molar-refractivity contribution is 7.98. The third-order valence-corrected chi connectivity index (χ3v) is 6.71. The van der Waals surface area contributed by atoms with Crippen LogP contribution in [0.15, 0.2) is 47.4 Å². The van der Waals surface area contributed by atoms with Crippen molar-refractivity contribution in [3.8, 4) is 5.75 Å². The second kappa shape index (κ2) is 11.1. The molecule has 2 aromatic rings. The first-order valence-corrected chi connectivity index (χ1v) is 12.4. The average molecular weight is 477 g/mol. The topological polar surface area (TPSA) is 84.5 Å². The van der Waals surface area contributed by atoms with Crippen molar-refractivity contribution in [2.24, 2.45) is 0 Å². The number of carbonyl (C=O) groups is 1. The standard InChI is InChI=1S/C19H22Cl2N2O4S2/c1-3-27-14-6-4-13(5-7-14)22-19(24)18(10-11-28-2)23-29(25,26)15-8-9-16(20)17(21)12-15/h4-9,12,18,23H,3,10-11H2,1-2H3,(H,22,24)/t18-/m1/s1. The Bertz CT molecular complexity index is 938. The molecule has 0 aliphatic heterocycles. The van der Waals surface area contributed by atoms with Crippen LogP contribution < -0.4 is 14.8 Å². The normalized spacial score (nSPS) is 12.4. The number of hydrogen-bond donors (Lipinski definition) is 2. The number of sulfonamides is 1. The lowest BCUT2D eigenvalue weighted by Gasteiger charge is -2.18. The van der Waals surface area contributed by atoms with Crippen molar-refractivity contribution in [3.63, 3.8) is 0 Å². The molecule has 1 amide bonds. The highest BCUT2D eigenvalue weighted by Crippen LogP contribution is 2.25. The zero-order valence-corrected chi connectivity index (χ0v) is 19.1. The maximum absolute atomic E-state index is 12.7. The summed E-state index contributed by atoms with van der Waals surface area (Å²) in [4.78, 5) is 12.7. The van der Waals surface area contributed by atoms with Crippen molar-refractivity contribution in [2.45, 2.75) is 24.3 Å². The van der Waals surface area contributed by atoms with E-state index in [0.717, 1.165) is 0 Å². The number of rotatable bonds is 10. The lowest BCUT2D eigenvalue weighted by atomic mass is 10.2. The van der Waals surface area contributed by atoms with Crippen molar-refractivity contribution in [1.82, 2.24) is 4.72 Å². The molecule has 29 heavy (non-hydrogen) atoms. The van der Waals surface area contributed by atoms with E-state index < -0.39 is 22.0 Å². The van der Waals surface area contributed by atoms with E-state index in [9.17, 15) is 13.2 Å². The molecule has 0 aliphatic rings. The molecule has 0 heterocycles. The summed E-state index contributed by atoms with van der Waals surface area (Å²) in [5, 5.41) is 3.10. The minimum absolute atomic E-state index is 0.0603. The maximum atomic E-state index is 12.7. The Hall–Kier alpha value is -1.45. The number of hydrogen-bond acceptors (Lipinski definition) is 5. The third-order valence-electron chi connectivity index (χ3n) is 3.86. The van der Waals surface area contributed by atoms with Crippen LogP contribution in [-0.2, 0) is 14.8 Å². The Labute approximate surface area is 185 Å². The van der Waals surface area contributed by atoms with E-state index in [0.29, 0.717) is 30.2 Å². The summed E-state index contributed by atoms with van der Waals surface area (Å²) in [6.07, 6.45) is 2.21. The Morgan fingerprint density at radius 1 is 1.14 bits per heavy atom. The van der Waals surface area contributed by atoms with E-state index in [1.165, 1.54) is 30.0 Å². The van der Waals surface area contributed by atoms with Crippen LogP contribution in [0.25, 0.3) is 0 Å². The van der Waals surface area contributed by atoms with Gasteiger partial charge in [0, 0.05) is 5.69 Å². The zero-order valence-electron chi connectivity index (χ0n) is 15.9. The van der Waals surface area contributed by atoms with Gasteiger partial charge in [-0.1, -0.05) is 23.2 Å². The minimum Gasteiger partial charge on any atom is -0.494 e. The van der Waals surface area contributed by atoms with Gasteiger partial charge in [-0.25, -0.2) is 8.42 Å². The summed E-state index contributed by atoms with van der Waals surface area (Å²) < 4.78 is 33.3. The molecule has 2 aromatic carbocycles. The van der Waals surface area contributed by atoms with Gasteiger partial charge in [0.15, 0.2) is 0 Å². The number of ether oxygens (including phenoxy) is 1. The van der Waals surface area contributed by atoms with E-state index in [1.54, 1.807) is 24.3 Å². The zero-order chi connectivity index (χ0) is 21.4. The average Bonchev–Trinajstić information content (AvgIpc) is 2.68. The highest BCUT2D eigenvalue weighted by atomic mass is 35.5. The van der Waals surface area contributed by atoms with Crippen molar-refractivity contribution in [2.75, 3.05) is 23.9 Å². The monoisotopic (exact) mass is 476 g/mol. The first-order chi connectivity index (χ1) is 13.8. The van der Waals surface area contributed by atoms with Gasteiger partial charge in [-0.3, -0.25) is 4.79 Å². The first kappa shape index (κ1) is 23.8. The molecule has 0 saturated heterocycles. The summed E-state index contributed by atoms with van der Waals surface area (Å²) in [6.45, 7) is 2.42. The molecule has 2 N–H and O–H groups in total. The molecule has 0 saturated carbocycles. The van der Waals surface area contributed by atoms with Crippen molar-refractivity contribution < 1.29 is 17.9 Å². The summed E-state index contributed by atoms with van der Waals surface area (Å²) in [5.74, 6) is 0.835. The number of amides is 1. The molecule has 0 bridgehead atoms. The fourth-order valence-electron chi connectivity index (χ4n) is 2.41. The van der Waals surface area contributed by atoms with Gasteiger partial charge in [0.05, 0.1) is 21.5 Å². The van der Waals surface area contributed by atoms with Gasteiger partial charge >= 0.3 is 0 Å². The SMILES string of the molecule is CCOc1ccc(NC(=O)[C@@H](CCSC)NS(=O)(=O)c2ccc(Cl)c(Cl)c2)cc1. The lowest BCUT2D eigenvalue weighted by molar-refractivity contribution is -0.117. The van der Waals surface area contributed by atoms with Crippen LogP contribution in [0.4, 0.5) is 5.69 Å². The van der Waals surface area contributed by atoms with Gasteiger partial charge in [0.25, 0.3) is 0 Å². The number of anilines is 1. The summed E-state index contributed by atoms with van der Waals surface area (Å²) >= 11 is 13.3. The van der Waals surface area contributed by atoms with Gasteiger partial charge in [-0.15, -0.1) is 0 Å². The van der Waals surface area contributed by atoms with Crippen LogP contribution in [-0.4, -0.2) is 39.0 Å². The van der Waals surface area contributed by atoms with Gasteiger partial charge in [-0.05, 0) is 67.8 Å². The summed E-state index contributed by atoms with van der Waals surface area (Å²) in [7, 11) is -3.96. The van der Waals surface area contributed by atoms with Crippen molar-refractivity contribution >= 4 is 56.6 Å². The van der Waals surface area contributed by atoms with E-state index >= 15 is 0 Å². The fraction of sp³-hybridized carbons (Fsp3) is 0.316. The quantitative estimate of drug-likeness (QED) is 0.529. The maximum Gasteiger partial charge on any atom is 0.242 e. The van der Waals surface area contributed by atoms with Crippen LogP contribution in [0.1, 0.15) is 13.3 Å². The molecule has 0 radical (unpaired) electrons. The summed E-state index contributed by atoms with van der Waals surface area (Å²) in [6, 6.07) is 9.90. The molecule has 158 valence electrons. The molecular formula is C19H22Cl2N2O4S2. The lowest BCUT2D eigenvalue weighted by Crippen LogP contribution is -2.44. The van der Waals surface area contributed by atoms with Crippen LogP contribution in [0.5, 0.6) is 5.75 Å². The third kappa shape index (κ3) is 7.08. The number of carbonyl (C=O) groups excluding carboxylic acids is 1. The predicted molar refractivity (Wildman–Crippen MR) is 120 cm³/mol. The molecule has 0 aliphatic carbocycles. The second-order valence-corrected chi connectivity index (χ2v) is 9.49. The van der Waals surface area contributed by atoms with E-state index in [2.05, 4.69) is 10.0 Å². The molecule has 2 rings (SSSR count). The number of halogens is 2. The van der Waals surface area contributed by atoms with E-state index in [1.807, 2.05) is 13.2 Å². The predicted octanol–water partition coefficient (Wildman–Crippen LogP) is 4.43. The smallest absolute Gasteiger partial charge is 0.242 e. The molecule has 0 aromatic heterocycles. The van der Waals surface area contributed by atoms with Gasteiger partial charge in [0.1, 0.15) is 11.8 Å². The van der Waals surface area contributed by atoms with Crippen molar-refractivity contribution in [3.05, 3.63) is 52.5 Å². The van der Waals surface area contributed by atoms with E-state index in [-0.39, 0.29) is 14.9 Å².